The molecule has 0 saturated carbocycles. The first-order chi connectivity index (χ1) is 10.0. The lowest BCUT2D eigenvalue weighted by molar-refractivity contribution is -0.0539. The zero-order valence-corrected chi connectivity index (χ0v) is 12.4. The minimum Gasteiger partial charge on any atom is -0.396 e. The predicted molar refractivity (Wildman–Crippen MR) is 76.9 cm³/mol. The second-order valence-electron chi connectivity index (χ2n) is 4.63. The number of nitrogens with one attached hydrogen (secondary N) is 1. The van der Waals surface area contributed by atoms with Gasteiger partial charge in [0.05, 0.1) is 24.9 Å². The van der Waals surface area contributed by atoms with E-state index in [4.69, 9.17) is 4.74 Å². The van der Waals surface area contributed by atoms with Gasteiger partial charge >= 0.3 is 5.69 Å². The van der Waals surface area contributed by atoms with Crippen LogP contribution in [0.1, 0.15) is 11.8 Å². The molecule has 0 bridgehead atoms. The van der Waals surface area contributed by atoms with Crippen LogP contribution in [0.3, 0.4) is 0 Å². The van der Waals surface area contributed by atoms with Gasteiger partial charge in [-0.05, 0) is 11.1 Å². The molecule has 9 heteroatoms. The topological polar surface area (TPSA) is 125 Å². The maximum absolute atomic E-state index is 11.9. The lowest BCUT2D eigenvalue weighted by Crippen LogP contribution is -2.37. The molecule has 0 aliphatic carbocycles. The van der Waals surface area contributed by atoms with Gasteiger partial charge in [0.2, 0.25) is 0 Å². The van der Waals surface area contributed by atoms with Crippen LogP contribution in [-0.2, 0) is 4.74 Å². The van der Waals surface area contributed by atoms with Crippen molar-refractivity contribution in [1.29, 1.82) is 0 Å². The molecule has 2 rings (SSSR count). The van der Waals surface area contributed by atoms with Crippen molar-refractivity contribution in [2.24, 2.45) is 5.92 Å². The number of halogens is 1. The average molecular weight is 363 g/mol. The Labute approximate surface area is 127 Å². The third kappa shape index (κ3) is 3.01. The molecule has 0 aromatic carbocycles. The Balaban J connectivity index is 2.45. The van der Waals surface area contributed by atoms with Gasteiger partial charge in [-0.25, -0.2) is 4.79 Å². The van der Waals surface area contributed by atoms with E-state index >= 15 is 0 Å². The van der Waals surface area contributed by atoms with Crippen LogP contribution >= 0.6 is 15.9 Å². The second kappa shape index (κ2) is 6.67. The van der Waals surface area contributed by atoms with Crippen molar-refractivity contribution in [3.63, 3.8) is 0 Å². The molecule has 1 saturated heterocycles. The van der Waals surface area contributed by atoms with E-state index in [1.165, 1.54) is 17.3 Å². The number of hydrogen-bond donors (Lipinski definition) is 4. The quantitative estimate of drug-likeness (QED) is 0.531. The summed E-state index contributed by atoms with van der Waals surface area (Å²) in [4.78, 5) is 27.0. The van der Waals surface area contributed by atoms with Crippen molar-refractivity contribution in [1.82, 2.24) is 9.55 Å². The number of hydrogen-bond acceptors (Lipinski definition) is 6. The van der Waals surface area contributed by atoms with E-state index in [-0.39, 0.29) is 5.56 Å². The van der Waals surface area contributed by atoms with Crippen molar-refractivity contribution < 1.29 is 20.1 Å². The number of ether oxygens (including phenoxy) is 1. The molecule has 4 N–H and O–H groups in total. The highest BCUT2D eigenvalue weighted by atomic mass is 79.9. The third-order valence-corrected chi connectivity index (χ3v) is 3.69. The molecule has 4 atom stereocenters. The molecular weight excluding hydrogens is 348 g/mol. The first-order valence-corrected chi connectivity index (χ1v) is 7.12. The highest BCUT2D eigenvalue weighted by Crippen LogP contribution is 2.32. The zero-order valence-electron chi connectivity index (χ0n) is 10.8. The molecule has 1 aliphatic rings. The van der Waals surface area contributed by atoms with E-state index in [0.717, 1.165) is 4.57 Å². The molecule has 1 fully saturated rings. The summed E-state index contributed by atoms with van der Waals surface area (Å²) in [6.45, 7) is -0.791. The lowest BCUT2D eigenvalue weighted by atomic mass is 9.99. The summed E-state index contributed by atoms with van der Waals surface area (Å²) < 4.78 is 6.45. The lowest BCUT2D eigenvalue weighted by Gasteiger charge is -2.18. The number of aliphatic hydroxyl groups excluding tert-OH is 3. The minimum atomic E-state index is -1.18. The molecule has 1 aliphatic heterocycles. The van der Waals surface area contributed by atoms with Crippen LogP contribution in [0.15, 0.2) is 20.8 Å². The van der Waals surface area contributed by atoms with Gasteiger partial charge in [-0.3, -0.25) is 14.3 Å². The number of aromatic amines is 1. The molecule has 1 aromatic heterocycles. The Hall–Kier alpha value is -1.26. The Morgan fingerprint density at radius 3 is 2.62 bits per heavy atom. The molecule has 1 aromatic rings. The Morgan fingerprint density at radius 1 is 1.38 bits per heavy atom. The van der Waals surface area contributed by atoms with Crippen molar-refractivity contribution in [2.75, 3.05) is 13.2 Å². The van der Waals surface area contributed by atoms with Gasteiger partial charge in [0.1, 0.15) is 6.10 Å². The first kappa shape index (κ1) is 16.1. The minimum absolute atomic E-state index is 0.190. The van der Waals surface area contributed by atoms with Crippen LogP contribution in [0.5, 0.6) is 0 Å². The monoisotopic (exact) mass is 362 g/mol. The van der Waals surface area contributed by atoms with Crippen LogP contribution < -0.4 is 11.2 Å². The number of nitrogens with zero attached hydrogens (tertiary/aromatic N) is 1. The van der Waals surface area contributed by atoms with E-state index in [1.807, 2.05) is 0 Å². The van der Waals surface area contributed by atoms with Gasteiger partial charge in [-0.1, -0.05) is 15.9 Å². The van der Waals surface area contributed by atoms with Gasteiger partial charge in [0.25, 0.3) is 5.56 Å². The van der Waals surface area contributed by atoms with Crippen LogP contribution in [-0.4, -0.2) is 50.3 Å². The fourth-order valence-electron chi connectivity index (χ4n) is 2.30. The molecule has 0 amide bonds. The largest absolute Gasteiger partial charge is 0.396 e. The van der Waals surface area contributed by atoms with Gasteiger partial charge in [0.15, 0.2) is 6.23 Å². The molecule has 116 valence electrons. The third-order valence-electron chi connectivity index (χ3n) is 3.43. The van der Waals surface area contributed by atoms with Crippen LogP contribution in [0, 0.1) is 5.92 Å². The maximum Gasteiger partial charge on any atom is 0.330 e. The number of aromatic nitrogens is 2. The van der Waals surface area contributed by atoms with E-state index < -0.39 is 48.8 Å². The van der Waals surface area contributed by atoms with Crippen molar-refractivity contribution in [3.05, 3.63) is 37.6 Å². The van der Waals surface area contributed by atoms with Crippen LogP contribution in [0.4, 0.5) is 0 Å². The first-order valence-electron chi connectivity index (χ1n) is 6.21. The second-order valence-corrected chi connectivity index (χ2v) is 5.16. The maximum atomic E-state index is 11.9. The van der Waals surface area contributed by atoms with Gasteiger partial charge in [0, 0.05) is 12.1 Å². The summed E-state index contributed by atoms with van der Waals surface area (Å²) in [5.74, 6) is -0.714. The number of H-pyrrole nitrogens is 1. The molecule has 1 unspecified atom stereocenters. The Morgan fingerprint density at radius 2 is 2.10 bits per heavy atom. The highest BCUT2D eigenvalue weighted by molar-refractivity contribution is 9.11. The molecule has 2 heterocycles. The summed E-state index contributed by atoms with van der Waals surface area (Å²) in [7, 11) is 0. The molecular formula is C12H15BrN2O6. The number of rotatable bonds is 4. The highest BCUT2D eigenvalue weighted by Gasteiger charge is 2.44. The fraction of sp³-hybridized carbons (Fsp3) is 0.500. The standard InChI is InChI=1S/C12H15BrN2O6/c13-2-1-6-3-15(12(20)14-10(6)19)11-9(18)7(4-16)8(5-17)21-11/h1-3,7-9,11,16-18H,4-5H2,(H,14,19,20)/t7-,8-,9+,11?/m1/s1. The number of aliphatic hydroxyl groups is 3. The summed E-state index contributed by atoms with van der Waals surface area (Å²) in [5, 5.41) is 28.6. The Kier molecular flexibility index (Phi) is 5.12. The van der Waals surface area contributed by atoms with Crippen molar-refractivity contribution in [3.8, 4) is 0 Å². The normalized spacial score (nSPS) is 29.3. The summed E-state index contributed by atoms with van der Waals surface area (Å²) in [6.07, 6.45) is -0.379. The van der Waals surface area contributed by atoms with Crippen LogP contribution in [0.2, 0.25) is 0 Å². The molecule has 0 radical (unpaired) electrons. The molecule has 8 nitrogen and oxygen atoms in total. The average Bonchev–Trinajstić information content (AvgIpc) is 2.78. The van der Waals surface area contributed by atoms with E-state index in [0.29, 0.717) is 0 Å². The van der Waals surface area contributed by atoms with E-state index in [2.05, 4.69) is 20.9 Å². The van der Waals surface area contributed by atoms with Crippen molar-refractivity contribution in [2.45, 2.75) is 18.4 Å². The smallest absolute Gasteiger partial charge is 0.330 e. The van der Waals surface area contributed by atoms with Crippen molar-refractivity contribution >= 4 is 22.0 Å². The van der Waals surface area contributed by atoms with Gasteiger partial charge < -0.3 is 20.1 Å². The SMILES string of the molecule is O=c1[nH]c(=O)n(C2O[C@H](CO)[C@@H](CO)[C@@H]2O)cc1C=CBr. The molecule has 21 heavy (non-hydrogen) atoms. The molecule has 0 spiro atoms. The van der Waals surface area contributed by atoms with E-state index in [1.54, 1.807) is 0 Å². The van der Waals surface area contributed by atoms with Gasteiger partial charge in [-0.15, -0.1) is 0 Å². The zero-order chi connectivity index (χ0) is 15.6. The fourth-order valence-corrected chi connectivity index (χ4v) is 2.59. The van der Waals surface area contributed by atoms with Gasteiger partial charge in [-0.2, -0.15) is 0 Å². The summed E-state index contributed by atoms with van der Waals surface area (Å²) in [5.41, 5.74) is -1.13. The summed E-state index contributed by atoms with van der Waals surface area (Å²) >= 11 is 3.03. The van der Waals surface area contributed by atoms with E-state index in [9.17, 15) is 24.9 Å². The predicted octanol–water partition coefficient (Wildman–Crippen LogP) is -1.24. The Bertz CT molecular complexity index is 639. The summed E-state index contributed by atoms with van der Waals surface area (Å²) in [6, 6.07) is 0. The van der Waals surface area contributed by atoms with Crippen LogP contribution in [0.25, 0.3) is 6.08 Å².